The fraction of sp³-hybridized carbons (Fsp3) is 0.484. The molecule has 14 heteroatoms. The maximum absolute atomic E-state index is 13.1. The van der Waals surface area contributed by atoms with Crippen LogP contribution >= 0.6 is 34.8 Å². The number of benzene rings is 2. The van der Waals surface area contributed by atoms with Crippen LogP contribution in [0.1, 0.15) is 52.2 Å². The van der Waals surface area contributed by atoms with Crippen LogP contribution in [0.25, 0.3) is 11.1 Å². The third kappa shape index (κ3) is 11.3. The summed E-state index contributed by atoms with van der Waals surface area (Å²) in [4.78, 5) is 51.2. The van der Waals surface area contributed by atoms with Gasteiger partial charge in [0.2, 0.25) is 9.70 Å². The van der Waals surface area contributed by atoms with Crippen molar-refractivity contribution in [1.29, 1.82) is 0 Å². The Balaban J connectivity index is 1.50. The van der Waals surface area contributed by atoms with Crippen LogP contribution in [-0.2, 0) is 23.9 Å². The van der Waals surface area contributed by atoms with Crippen LogP contribution in [0, 0.1) is 5.92 Å². The number of carbonyl (C=O) groups excluding carboxylic acids is 4. The third-order valence-corrected chi connectivity index (χ3v) is 7.36. The van der Waals surface area contributed by atoms with Crippen molar-refractivity contribution >= 4 is 58.5 Å². The van der Waals surface area contributed by atoms with Crippen molar-refractivity contribution in [1.82, 2.24) is 21.1 Å². The Kier molecular flexibility index (Phi) is 13.3. The smallest absolute Gasteiger partial charge is 0.325 e. The summed E-state index contributed by atoms with van der Waals surface area (Å²) in [6.45, 7) is 6.30. The van der Waals surface area contributed by atoms with Gasteiger partial charge in [-0.15, -0.1) is 0 Å². The van der Waals surface area contributed by atoms with Crippen LogP contribution in [-0.4, -0.2) is 75.5 Å². The maximum atomic E-state index is 13.1. The molecule has 3 rings (SSSR count). The fourth-order valence-corrected chi connectivity index (χ4v) is 4.75. The quantitative estimate of drug-likeness (QED) is 0.195. The van der Waals surface area contributed by atoms with Crippen LogP contribution in [0.5, 0.6) is 5.75 Å². The minimum atomic E-state index is -1.76. The van der Waals surface area contributed by atoms with Gasteiger partial charge in [-0.05, 0) is 67.5 Å². The van der Waals surface area contributed by atoms with Gasteiger partial charge in [0.05, 0.1) is 6.10 Å². The molecule has 1 fully saturated rings. The van der Waals surface area contributed by atoms with E-state index in [4.69, 9.17) is 44.3 Å². The highest BCUT2D eigenvalue weighted by Crippen LogP contribution is 2.27. The summed E-state index contributed by atoms with van der Waals surface area (Å²) in [6.07, 6.45) is 0.344. The van der Waals surface area contributed by atoms with Gasteiger partial charge in [0.15, 0.2) is 6.61 Å². The molecule has 2 aromatic carbocycles. The predicted molar refractivity (Wildman–Crippen MR) is 171 cm³/mol. The van der Waals surface area contributed by atoms with E-state index in [0.717, 1.165) is 16.7 Å². The zero-order valence-electron chi connectivity index (χ0n) is 25.5. The van der Waals surface area contributed by atoms with Crippen molar-refractivity contribution in [3.63, 3.8) is 0 Å². The summed E-state index contributed by atoms with van der Waals surface area (Å²) in [5.74, 6) is -2.02. The molecule has 11 nitrogen and oxygen atoms in total. The van der Waals surface area contributed by atoms with Crippen LogP contribution in [0.4, 0.5) is 0 Å². The summed E-state index contributed by atoms with van der Waals surface area (Å²) in [5.41, 5.74) is 5.48. The lowest BCUT2D eigenvalue weighted by atomic mass is 10.0. The topological polar surface area (TPSA) is 146 Å². The van der Waals surface area contributed by atoms with Crippen molar-refractivity contribution in [3.8, 4) is 16.9 Å². The molecule has 246 valence electrons. The van der Waals surface area contributed by atoms with Crippen LogP contribution in [0.2, 0.25) is 0 Å². The zero-order valence-corrected chi connectivity index (χ0v) is 27.8. The molecule has 2 aromatic rings. The molecule has 45 heavy (non-hydrogen) atoms. The van der Waals surface area contributed by atoms with Gasteiger partial charge in [0.25, 0.3) is 11.8 Å². The molecule has 0 aliphatic carbocycles. The number of esters is 1. The Morgan fingerprint density at radius 3 is 2.33 bits per heavy atom. The third-order valence-electron chi connectivity index (χ3n) is 7.04. The van der Waals surface area contributed by atoms with Crippen molar-refractivity contribution in [2.75, 3.05) is 19.8 Å². The molecule has 4 atom stereocenters. The lowest BCUT2D eigenvalue weighted by Gasteiger charge is -2.34. The number of hydrogen-bond acceptors (Lipinski definition) is 8. The number of nitrogens with one attached hydrogen (secondary N) is 3. The number of amides is 3. The van der Waals surface area contributed by atoms with Gasteiger partial charge < -0.3 is 25.2 Å². The SMILES string of the molecule is CC(C)[C@H](NC(=O)COc1ccc(-c2cccc([C@@H](C)O)c2)cc1)C(=O)N[C@@H](C)C(=O)N1CCC[C@@H](C(=O)OCC(Cl)(Cl)Cl)N1. The molecule has 1 saturated heterocycles. The molecule has 1 heterocycles. The predicted octanol–water partition coefficient (Wildman–Crippen LogP) is 3.84. The summed E-state index contributed by atoms with van der Waals surface area (Å²) in [7, 11) is 0. The standard InChI is InChI=1S/C31H39Cl3N4O7/c1-18(2)27(28(41)35-19(3)29(42)38-14-6-9-25(37-38)30(43)45-17-31(32,33)34)36-26(40)16-44-24-12-10-21(11-13-24)23-8-5-7-22(15-23)20(4)39/h5,7-8,10-13,15,18-20,25,27,37,39H,6,9,14,16-17H2,1-4H3,(H,35,41)(H,36,40)/t19-,20+,25-,27-/m0/s1. The number of aliphatic hydroxyl groups is 1. The van der Waals surface area contributed by atoms with E-state index < -0.39 is 58.3 Å². The largest absolute Gasteiger partial charge is 0.484 e. The van der Waals surface area contributed by atoms with E-state index in [1.807, 2.05) is 36.4 Å². The van der Waals surface area contributed by atoms with Crippen molar-refractivity contribution < 1.29 is 33.8 Å². The molecule has 0 aromatic heterocycles. The minimum Gasteiger partial charge on any atom is -0.484 e. The monoisotopic (exact) mass is 684 g/mol. The maximum Gasteiger partial charge on any atom is 0.325 e. The van der Waals surface area contributed by atoms with Crippen molar-refractivity contribution in [3.05, 3.63) is 54.1 Å². The van der Waals surface area contributed by atoms with Gasteiger partial charge >= 0.3 is 5.97 Å². The number of aliphatic hydroxyl groups excluding tert-OH is 1. The molecule has 0 unspecified atom stereocenters. The molecule has 3 amide bonds. The number of hydrazine groups is 1. The molecule has 0 radical (unpaired) electrons. The first-order chi connectivity index (χ1) is 21.1. The van der Waals surface area contributed by atoms with E-state index in [1.165, 1.54) is 11.9 Å². The Labute approximate surface area is 277 Å². The van der Waals surface area contributed by atoms with Crippen LogP contribution in [0.3, 0.4) is 0 Å². The first-order valence-electron chi connectivity index (χ1n) is 14.6. The Morgan fingerprint density at radius 2 is 1.71 bits per heavy atom. The average Bonchev–Trinajstić information content (AvgIpc) is 3.00. The summed E-state index contributed by atoms with van der Waals surface area (Å²) < 4.78 is 8.89. The van der Waals surface area contributed by atoms with Crippen molar-refractivity contribution in [2.45, 2.75) is 68.6 Å². The molecule has 0 spiro atoms. The lowest BCUT2D eigenvalue weighted by molar-refractivity contribution is -0.152. The van der Waals surface area contributed by atoms with E-state index in [0.29, 0.717) is 25.1 Å². The molecular formula is C31H39Cl3N4O7. The van der Waals surface area contributed by atoms with Gasteiger partial charge in [0.1, 0.15) is 30.5 Å². The molecule has 1 aliphatic heterocycles. The summed E-state index contributed by atoms with van der Waals surface area (Å²) >= 11 is 16.9. The number of hydrogen-bond donors (Lipinski definition) is 4. The summed E-state index contributed by atoms with van der Waals surface area (Å²) in [5, 5.41) is 16.4. The molecule has 0 bridgehead atoms. The van der Waals surface area contributed by atoms with Gasteiger partial charge in [-0.1, -0.05) is 79.0 Å². The van der Waals surface area contributed by atoms with E-state index in [2.05, 4.69) is 16.1 Å². The minimum absolute atomic E-state index is 0.293. The molecule has 0 saturated carbocycles. The Hall–Kier alpha value is -3.09. The van der Waals surface area contributed by atoms with Crippen LogP contribution < -0.4 is 20.8 Å². The molecule has 4 N–H and O–H groups in total. The first-order valence-corrected chi connectivity index (χ1v) is 15.7. The Morgan fingerprint density at radius 1 is 1.02 bits per heavy atom. The van der Waals surface area contributed by atoms with Gasteiger partial charge in [0, 0.05) is 6.54 Å². The lowest BCUT2D eigenvalue weighted by Crippen LogP contribution is -2.61. The number of ether oxygens (including phenoxy) is 2. The van der Waals surface area contributed by atoms with E-state index in [9.17, 15) is 24.3 Å². The number of carbonyl (C=O) groups is 4. The molecular weight excluding hydrogens is 647 g/mol. The van der Waals surface area contributed by atoms with E-state index >= 15 is 0 Å². The van der Waals surface area contributed by atoms with Gasteiger partial charge in [-0.3, -0.25) is 24.2 Å². The van der Waals surface area contributed by atoms with E-state index in [1.54, 1.807) is 32.9 Å². The average molecular weight is 686 g/mol. The zero-order chi connectivity index (χ0) is 33.3. The van der Waals surface area contributed by atoms with Crippen LogP contribution in [0.15, 0.2) is 48.5 Å². The van der Waals surface area contributed by atoms with Crippen molar-refractivity contribution in [2.24, 2.45) is 5.92 Å². The number of halogens is 3. The number of nitrogens with zero attached hydrogens (tertiary/aromatic N) is 1. The number of rotatable bonds is 12. The highest BCUT2D eigenvalue weighted by molar-refractivity contribution is 6.67. The van der Waals surface area contributed by atoms with Gasteiger partial charge in [-0.25, -0.2) is 5.43 Å². The van der Waals surface area contributed by atoms with E-state index in [-0.39, 0.29) is 12.5 Å². The second-order valence-electron chi connectivity index (χ2n) is 11.2. The fourth-order valence-electron chi connectivity index (χ4n) is 4.59. The highest BCUT2D eigenvalue weighted by Gasteiger charge is 2.34. The molecule has 1 aliphatic rings. The first kappa shape index (κ1) is 36.4. The summed E-state index contributed by atoms with van der Waals surface area (Å²) in [6, 6.07) is 12.0. The second-order valence-corrected chi connectivity index (χ2v) is 13.7. The Bertz CT molecular complexity index is 1340. The second kappa shape index (κ2) is 16.5. The number of alkyl halides is 3. The van der Waals surface area contributed by atoms with Gasteiger partial charge in [-0.2, -0.15) is 0 Å². The normalized spacial score (nSPS) is 17.2. The highest BCUT2D eigenvalue weighted by atomic mass is 35.6.